The summed E-state index contributed by atoms with van der Waals surface area (Å²) in [6.07, 6.45) is 0.285. The van der Waals surface area contributed by atoms with Crippen LogP contribution in [0.2, 0.25) is 0 Å². The maximum absolute atomic E-state index is 5.76. The first-order valence-electron chi connectivity index (χ1n) is 6.60. The van der Waals surface area contributed by atoms with Crippen LogP contribution in [0.15, 0.2) is 4.99 Å². The lowest BCUT2D eigenvalue weighted by molar-refractivity contribution is -0.0284. The number of nitrogens with one attached hydrogen (secondary N) is 2. The second-order valence-corrected chi connectivity index (χ2v) is 5.18. The lowest BCUT2D eigenvalue weighted by atomic mass is 10.2. The van der Waals surface area contributed by atoms with E-state index in [4.69, 9.17) is 4.74 Å². The average Bonchev–Trinajstić information content (AvgIpc) is 2.79. The van der Waals surface area contributed by atoms with Gasteiger partial charge in [-0.25, -0.2) is 0 Å². The molecule has 2 aliphatic rings. The number of morpholine rings is 1. The SMILES string of the molecule is CC(C)CN1CCOC(CNC2=NCCN2)C1.I. The molecule has 0 amide bonds. The summed E-state index contributed by atoms with van der Waals surface area (Å²) in [6.45, 7) is 11.3. The highest BCUT2D eigenvalue weighted by atomic mass is 127. The van der Waals surface area contributed by atoms with E-state index in [1.165, 1.54) is 6.54 Å². The predicted molar refractivity (Wildman–Crippen MR) is 84.7 cm³/mol. The molecule has 6 heteroatoms. The van der Waals surface area contributed by atoms with Crippen molar-refractivity contribution in [2.24, 2.45) is 10.9 Å². The number of rotatable bonds is 4. The van der Waals surface area contributed by atoms with Crippen LogP contribution in [0.4, 0.5) is 0 Å². The van der Waals surface area contributed by atoms with Gasteiger partial charge in [0.05, 0.1) is 19.3 Å². The lowest BCUT2D eigenvalue weighted by Crippen LogP contribution is -2.49. The van der Waals surface area contributed by atoms with Gasteiger partial charge in [-0.3, -0.25) is 9.89 Å². The largest absolute Gasteiger partial charge is 0.374 e. The van der Waals surface area contributed by atoms with Crippen molar-refractivity contribution in [1.82, 2.24) is 15.5 Å². The van der Waals surface area contributed by atoms with Crippen molar-refractivity contribution in [2.45, 2.75) is 20.0 Å². The van der Waals surface area contributed by atoms with E-state index in [1.54, 1.807) is 0 Å². The van der Waals surface area contributed by atoms with E-state index in [2.05, 4.69) is 34.4 Å². The van der Waals surface area contributed by atoms with Crippen LogP contribution in [-0.2, 0) is 4.74 Å². The molecular formula is C12H25IN4O. The minimum Gasteiger partial charge on any atom is -0.374 e. The lowest BCUT2D eigenvalue weighted by Gasteiger charge is -2.34. The summed E-state index contributed by atoms with van der Waals surface area (Å²) < 4.78 is 5.76. The average molecular weight is 368 g/mol. The van der Waals surface area contributed by atoms with Gasteiger partial charge in [-0.15, -0.1) is 24.0 Å². The number of ether oxygens (including phenoxy) is 1. The van der Waals surface area contributed by atoms with Crippen LogP contribution in [0.5, 0.6) is 0 Å². The molecule has 0 radical (unpaired) electrons. The highest BCUT2D eigenvalue weighted by Crippen LogP contribution is 2.07. The molecule has 0 spiro atoms. The van der Waals surface area contributed by atoms with Gasteiger partial charge in [0, 0.05) is 32.7 Å². The third-order valence-electron chi connectivity index (χ3n) is 3.02. The molecule has 1 saturated heterocycles. The van der Waals surface area contributed by atoms with E-state index < -0.39 is 0 Å². The first kappa shape index (κ1) is 16.0. The molecule has 1 atom stereocenters. The molecule has 0 aromatic rings. The first-order valence-corrected chi connectivity index (χ1v) is 6.60. The van der Waals surface area contributed by atoms with Crippen molar-refractivity contribution in [3.8, 4) is 0 Å². The molecule has 18 heavy (non-hydrogen) atoms. The molecule has 0 bridgehead atoms. The molecule has 106 valence electrons. The maximum atomic E-state index is 5.76. The number of nitrogens with zero attached hydrogens (tertiary/aromatic N) is 2. The van der Waals surface area contributed by atoms with E-state index >= 15 is 0 Å². The third kappa shape index (κ3) is 5.27. The van der Waals surface area contributed by atoms with Gasteiger partial charge in [0.25, 0.3) is 0 Å². The number of hydrogen-bond donors (Lipinski definition) is 2. The van der Waals surface area contributed by atoms with Crippen LogP contribution in [0.25, 0.3) is 0 Å². The van der Waals surface area contributed by atoms with Crippen LogP contribution in [0.3, 0.4) is 0 Å². The van der Waals surface area contributed by atoms with E-state index in [0.717, 1.165) is 51.2 Å². The van der Waals surface area contributed by atoms with Gasteiger partial charge in [0.1, 0.15) is 0 Å². The summed E-state index contributed by atoms with van der Waals surface area (Å²) in [5.41, 5.74) is 0. The van der Waals surface area contributed by atoms with Gasteiger partial charge in [-0.1, -0.05) is 13.8 Å². The van der Waals surface area contributed by atoms with Gasteiger partial charge < -0.3 is 15.4 Å². The maximum Gasteiger partial charge on any atom is 0.191 e. The predicted octanol–water partition coefficient (Wildman–Crippen LogP) is 0.510. The van der Waals surface area contributed by atoms with Gasteiger partial charge in [-0.05, 0) is 5.92 Å². The number of guanidine groups is 1. The summed E-state index contributed by atoms with van der Waals surface area (Å²) in [5.74, 6) is 1.65. The molecule has 2 heterocycles. The Morgan fingerprint density at radius 2 is 2.39 bits per heavy atom. The van der Waals surface area contributed by atoms with E-state index in [9.17, 15) is 0 Å². The Hall–Kier alpha value is -0.0800. The van der Waals surface area contributed by atoms with Crippen LogP contribution in [0.1, 0.15) is 13.8 Å². The summed E-state index contributed by atoms with van der Waals surface area (Å²) in [4.78, 5) is 6.80. The standard InChI is InChI=1S/C12H24N4O.HI/c1-10(2)8-16-5-6-17-11(9-16)7-15-12-13-3-4-14-12;/h10-11H,3-9H2,1-2H3,(H2,13,14,15);1H. The fourth-order valence-corrected chi connectivity index (χ4v) is 2.31. The van der Waals surface area contributed by atoms with Gasteiger partial charge in [-0.2, -0.15) is 0 Å². The fraction of sp³-hybridized carbons (Fsp3) is 0.917. The van der Waals surface area contributed by atoms with Gasteiger partial charge in [0.2, 0.25) is 0 Å². The van der Waals surface area contributed by atoms with Crippen LogP contribution < -0.4 is 10.6 Å². The molecule has 0 aromatic heterocycles. The van der Waals surface area contributed by atoms with Crippen molar-refractivity contribution in [1.29, 1.82) is 0 Å². The molecule has 2 rings (SSSR count). The number of aliphatic imine (C=N–C) groups is 1. The van der Waals surface area contributed by atoms with E-state index in [-0.39, 0.29) is 30.1 Å². The molecular weight excluding hydrogens is 343 g/mol. The summed E-state index contributed by atoms with van der Waals surface area (Å²) in [6, 6.07) is 0. The van der Waals surface area contributed by atoms with Crippen LogP contribution >= 0.6 is 24.0 Å². The minimum atomic E-state index is 0. The Balaban J connectivity index is 0.00000162. The Morgan fingerprint density at radius 1 is 1.56 bits per heavy atom. The molecule has 0 aromatic carbocycles. The quantitative estimate of drug-likeness (QED) is 0.711. The molecule has 2 N–H and O–H groups in total. The van der Waals surface area contributed by atoms with Crippen molar-refractivity contribution in [2.75, 3.05) is 45.9 Å². The second-order valence-electron chi connectivity index (χ2n) is 5.18. The van der Waals surface area contributed by atoms with Crippen LogP contribution in [0, 0.1) is 5.92 Å². The number of halogens is 1. The highest BCUT2D eigenvalue weighted by Gasteiger charge is 2.21. The van der Waals surface area contributed by atoms with Crippen molar-refractivity contribution in [3.05, 3.63) is 0 Å². The van der Waals surface area contributed by atoms with Crippen molar-refractivity contribution < 1.29 is 4.74 Å². The third-order valence-corrected chi connectivity index (χ3v) is 3.02. The molecule has 5 nitrogen and oxygen atoms in total. The van der Waals surface area contributed by atoms with E-state index in [1.807, 2.05) is 0 Å². The second kappa shape index (κ2) is 8.16. The molecule has 2 aliphatic heterocycles. The van der Waals surface area contributed by atoms with Gasteiger partial charge >= 0.3 is 0 Å². The summed E-state index contributed by atoms with van der Waals surface area (Å²) in [5, 5.41) is 6.52. The molecule has 0 saturated carbocycles. The Kier molecular flexibility index (Phi) is 7.25. The fourth-order valence-electron chi connectivity index (χ4n) is 2.31. The summed E-state index contributed by atoms with van der Waals surface area (Å²) in [7, 11) is 0. The number of hydrogen-bond acceptors (Lipinski definition) is 5. The Morgan fingerprint density at radius 3 is 3.06 bits per heavy atom. The normalized spacial score (nSPS) is 24.4. The van der Waals surface area contributed by atoms with Crippen molar-refractivity contribution in [3.63, 3.8) is 0 Å². The molecule has 1 fully saturated rings. The minimum absolute atomic E-state index is 0. The summed E-state index contributed by atoms with van der Waals surface area (Å²) >= 11 is 0. The van der Waals surface area contributed by atoms with Gasteiger partial charge in [0.15, 0.2) is 5.96 Å². The highest BCUT2D eigenvalue weighted by molar-refractivity contribution is 14.0. The van der Waals surface area contributed by atoms with Crippen molar-refractivity contribution >= 4 is 29.9 Å². The zero-order valence-corrected chi connectivity index (χ0v) is 13.6. The first-order chi connectivity index (χ1) is 8.24. The smallest absolute Gasteiger partial charge is 0.191 e. The Labute approximate surface area is 127 Å². The Bertz CT molecular complexity index is 273. The molecule has 1 unspecified atom stereocenters. The monoisotopic (exact) mass is 368 g/mol. The molecule has 0 aliphatic carbocycles. The zero-order valence-electron chi connectivity index (χ0n) is 11.3. The van der Waals surface area contributed by atoms with E-state index in [0.29, 0.717) is 0 Å². The van der Waals surface area contributed by atoms with Crippen LogP contribution in [-0.4, -0.2) is 62.8 Å². The zero-order chi connectivity index (χ0) is 12.1. The topological polar surface area (TPSA) is 48.9 Å².